The molecular formula is C24H26N2O4. The lowest BCUT2D eigenvalue weighted by molar-refractivity contribution is -0.117. The summed E-state index contributed by atoms with van der Waals surface area (Å²) in [6.07, 6.45) is 0. The first kappa shape index (κ1) is 21.2. The molecule has 0 saturated carbocycles. The number of carbonyl (C=O) groups is 1. The maximum Gasteiger partial charge on any atom is 0.238 e. The monoisotopic (exact) mass is 406 g/mol. The van der Waals surface area contributed by atoms with Crippen LogP contribution in [0.3, 0.4) is 0 Å². The zero-order valence-corrected chi connectivity index (χ0v) is 17.4. The lowest BCUT2D eigenvalue weighted by Crippen LogP contribution is -2.30. The summed E-state index contributed by atoms with van der Waals surface area (Å²) in [5.74, 6) is 2.51. The van der Waals surface area contributed by atoms with Gasteiger partial charge in [0.2, 0.25) is 5.91 Å². The molecule has 0 unspecified atom stereocenters. The fourth-order valence-corrected chi connectivity index (χ4v) is 3.13. The van der Waals surface area contributed by atoms with Crippen molar-refractivity contribution in [1.82, 2.24) is 4.90 Å². The molecule has 0 aromatic heterocycles. The fourth-order valence-electron chi connectivity index (χ4n) is 3.13. The van der Waals surface area contributed by atoms with Gasteiger partial charge in [-0.25, -0.2) is 0 Å². The molecule has 0 saturated heterocycles. The number of likely N-dealkylation sites (N-methyl/N-ethyl adjacent to an activating group) is 1. The standard InChI is InChI=1S/C24H26N2O4/c1-26(16-18-10-9-15-22(28-2)24(18)29-3)17-23(27)25-20-13-7-8-14-21(20)30-19-11-5-4-6-12-19/h4-15H,16-17H2,1-3H3,(H,25,27). The van der Waals surface area contributed by atoms with Crippen LogP contribution in [-0.2, 0) is 11.3 Å². The second-order valence-electron chi connectivity index (χ2n) is 6.78. The Hall–Kier alpha value is -3.51. The Bertz CT molecular complexity index is 976. The third-order valence-electron chi connectivity index (χ3n) is 4.47. The van der Waals surface area contributed by atoms with Crippen LogP contribution in [0.4, 0.5) is 5.69 Å². The summed E-state index contributed by atoms with van der Waals surface area (Å²) in [6.45, 7) is 0.746. The average molecular weight is 406 g/mol. The SMILES string of the molecule is COc1cccc(CN(C)CC(=O)Nc2ccccc2Oc2ccccc2)c1OC. The second-order valence-corrected chi connectivity index (χ2v) is 6.78. The van der Waals surface area contributed by atoms with Gasteiger partial charge in [-0.15, -0.1) is 0 Å². The minimum absolute atomic E-state index is 0.136. The van der Waals surface area contributed by atoms with Gasteiger partial charge < -0.3 is 19.5 Å². The van der Waals surface area contributed by atoms with Crippen LogP contribution in [0.15, 0.2) is 72.8 Å². The summed E-state index contributed by atoms with van der Waals surface area (Å²) in [4.78, 5) is 14.5. The van der Waals surface area contributed by atoms with Crippen molar-refractivity contribution < 1.29 is 19.0 Å². The molecule has 3 aromatic carbocycles. The van der Waals surface area contributed by atoms with Gasteiger partial charge >= 0.3 is 0 Å². The zero-order valence-electron chi connectivity index (χ0n) is 17.4. The lowest BCUT2D eigenvalue weighted by Gasteiger charge is -2.19. The maximum absolute atomic E-state index is 12.6. The summed E-state index contributed by atoms with van der Waals surface area (Å²) in [6, 6.07) is 22.5. The highest BCUT2D eigenvalue weighted by atomic mass is 16.5. The minimum atomic E-state index is -0.136. The van der Waals surface area contributed by atoms with E-state index in [4.69, 9.17) is 14.2 Å². The number of carbonyl (C=O) groups excluding carboxylic acids is 1. The molecule has 3 rings (SSSR count). The molecule has 6 nitrogen and oxygen atoms in total. The van der Waals surface area contributed by atoms with Gasteiger partial charge in [0.05, 0.1) is 26.5 Å². The number of hydrogen-bond acceptors (Lipinski definition) is 5. The number of hydrogen-bond donors (Lipinski definition) is 1. The Morgan fingerprint density at radius 2 is 1.57 bits per heavy atom. The Morgan fingerprint density at radius 3 is 2.30 bits per heavy atom. The Labute approximate surface area is 177 Å². The third-order valence-corrected chi connectivity index (χ3v) is 4.47. The van der Waals surface area contributed by atoms with E-state index >= 15 is 0 Å². The van der Waals surface area contributed by atoms with Crippen LogP contribution in [0.2, 0.25) is 0 Å². The molecule has 3 aromatic rings. The number of ether oxygens (including phenoxy) is 3. The molecule has 6 heteroatoms. The first-order valence-electron chi connectivity index (χ1n) is 9.61. The number of para-hydroxylation sites is 4. The number of benzene rings is 3. The summed E-state index contributed by atoms with van der Waals surface area (Å²) in [5, 5.41) is 2.94. The topological polar surface area (TPSA) is 60.0 Å². The Kier molecular flexibility index (Phi) is 7.29. The zero-order chi connectivity index (χ0) is 21.3. The van der Waals surface area contributed by atoms with Crippen molar-refractivity contribution in [3.05, 3.63) is 78.4 Å². The van der Waals surface area contributed by atoms with Gasteiger partial charge in [-0.3, -0.25) is 9.69 Å². The second kappa shape index (κ2) is 10.3. The molecule has 0 atom stereocenters. The number of methoxy groups -OCH3 is 2. The molecule has 1 amide bonds. The van der Waals surface area contributed by atoms with E-state index in [1.165, 1.54) is 0 Å². The van der Waals surface area contributed by atoms with E-state index in [2.05, 4.69) is 5.32 Å². The van der Waals surface area contributed by atoms with E-state index in [-0.39, 0.29) is 12.5 Å². The van der Waals surface area contributed by atoms with Crippen LogP contribution in [0.1, 0.15) is 5.56 Å². The number of rotatable bonds is 9. The summed E-state index contributed by atoms with van der Waals surface area (Å²) in [5.41, 5.74) is 1.57. The highest BCUT2D eigenvalue weighted by molar-refractivity contribution is 5.93. The minimum Gasteiger partial charge on any atom is -0.493 e. The van der Waals surface area contributed by atoms with Crippen LogP contribution in [0.5, 0.6) is 23.0 Å². The molecule has 0 aliphatic rings. The Morgan fingerprint density at radius 1 is 0.867 bits per heavy atom. The molecule has 0 aliphatic heterocycles. The highest BCUT2D eigenvalue weighted by Gasteiger charge is 2.14. The van der Waals surface area contributed by atoms with Gasteiger partial charge in [-0.05, 0) is 37.4 Å². The summed E-state index contributed by atoms with van der Waals surface area (Å²) < 4.78 is 16.7. The van der Waals surface area contributed by atoms with Gasteiger partial charge in [-0.2, -0.15) is 0 Å². The summed E-state index contributed by atoms with van der Waals surface area (Å²) in [7, 11) is 5.09. The molecule has 1 N–H and O–H groups in total. The predicted octanol–water partition coefficient (Wildman–Crippen LogP) is 4.57. The number of amides is 1. The van der Waals surface area contributed by atoms with Crippen molar-refractivity contribution >= 4 is 11.6 Å². The van der Waals surface area contributed by atoms with Gasteiger partial charge in [-0.1, -0.05) is 42.5 Å². The summed E-state index contributed by atoms with van der Waals surface area (Å²) >= 11 is 0. The van der Waals surface area contributed by atoms with Crippen LogP contribution in [0, 0.1) is 0 Å². The van der Waals surface area contributed by atoms with Crippen LogP contribution >= 0.6 is 0 Å². The predicted molar refractivity (Wildman–Crippen MR) is 117 cm³/mol. The van der Waals surface area contributed by atoms with E-state index in [1.54, 1.807) is 14.2 Å². The van der Waals surface area contributed by atoms with Crippen molar-refractivity contribution in [2.45, 2.75) is 6.54 Å². The first-order chi connectivity index (χ1) is 14.6. The van der Waals surface area contributed by atoms with Crippen LogP contribution < -0.4 is 19.5 Å². The quantitative estimate of drug-likeness (QED) is 0.564. The van der Waals surface area contributed by atoms with E-state index in [0.717, 1.165) is 5.56 Å². The molecular weight excluding hydrogens is 380 g/mol. The largest absolute Gasteiger partial charge is 0.493 e. The van der Waals surface area contributed by atoms with E-state index in [0.29, 0.717) is 35.2 Å². The highest BCUT2D eigenvalue weighted by Crippen LogP contribution is 2.31. The lowest BCUT2D eigenvalue weighted by atomic mass is 10.1. The fraction of sp³-hybridized carbons (Fsp3) is 0.208. The maximum atomic E-state index is 12.6. The number of nitrogens with one attached hydrogen (secondary N) is 1. The smallest absolute Gasteiger partial charge is 0.238 e. The van der Waals surface area contributed by atoms with E-state index < -0.39 is 0 Å². The Balaban J connectivity index is 1.64. The third kappa shape index (κ3) is 5.52. The molecule has 0 heterocycles. The van der Waals surface area contributed by atoms with Crippen LogP contribution in [0.25, 0.3) is 0 Å². The molecule has 0 aliphatic carbocycles. The van der Waals surface area contributed by atoms with E-state index in [9.17, 15) is 4.79 Å². The molecule has 0 spiro atoms. The molecule has 0 bridgehead atoms. The van der Waals surface area contributed by atoms with Gasteiger partial charge in [0.15, 0.2) is 17.2 Å². The normalized spacial score (nSPS) is 10.5. The molecule has 0 fully saturated rings. The van der Waals surface area contributed by atoms with Gasteiger partial charge in [0, 0.05) is 12.1 Å². The van der Waals surface area contributed by atoms with Crippen LogP contribution in [-0.4, -0.2) is 38.6 Å². The van der Waals surface area contributed by atoms with Crippen molar-refractivity contribution in [3.63, 3.8) is 0 Å². The van der Waals surface area contributed by atoms with Crippen molar-refractivity contribution in [3.8, 4) is 23.0 Å². The van der Waals surface area contributed by atoms with Crippen molar-refractivity contribution in [2.75, 3.05) is 33.1 Å². The first-order valence-corrected chi connectivity index (χ1v) is 9.61. The molecule has 30 heavy (non-hydrogen) atoms. The number of nitrogens with zero attached hydrogens (tertiary/aromatic N) is 1. The molecule has 0 radical (unpaired) electrons. The van der Waals surface area contributed by atoms with Gasteiger partial charge in [0.1, 0.15) is 5.75 Å². The number of anilines is 1. The van der Waals surface area contributed by atoms with Crippen molar-refractivity contribution in [1.29, 1.82) is 0 Å². The van der Waals surface area contributed by atoms with Gasteiger partial charge in [0.25, 0.3) is 0 Å². The molecule has 156 valence electrons. The van der Waals surface area contributed by atoms with Crippen molar-refractivity contribution in [2.24, 2.45) is 0 Å². The van der Waals surface area contributed by atoms with E-state index in [1.807, 2.05) is 84.7 Å². The average Bonchev–Trinajstić information content (AvgIpc) is 2.75.